The van der Waals surface area contributed by atoms with Gasteiger partial charge in [-0.05, 0) is 35.9 Å². The Morgan fingerprint density at radius 3 is 2.63 bits per heavy atom. The van der Waals surface area contributed by atoms with Crippen LogP contribution in [-0.2, 0) is 16.1 Å². The van der Waals surface area contributed by atoms with Gasteiger partial charge in [0.25, 0.3) is 5.91 Å². The molecule has 0 spiro atoms. The summed E-state index contributed by atoms with van der Waals surface area (Å²) in [6.45, 7) is 0.221. The molecule has 0 saturated heterocycles. The Bertz CT molecular complexity index is 1300. The van der Waals surface area contributed by atoms with Crippen molar-refractivity contribution in [3.05, 3.63) is 101 Å². The van der Waals surface area contributed by atoms with Gasteiger partial charge in [-0.25, -0.2) is 4.79 Å². The summed E-state index contributed by atoms with van der Waals surface area (Å²) in [5.74, 6) is -0.520. The van der Waals surface area contributed by atoms with Crippen molar-refractivity contribution >= 4 is 40.1 Å². The number of carbonyl (C=O) groups excluding carboxylic acids is 2. The van der Waals surface area contributed by atoms with Gasteiger partial charge in [-0.15, -0.1) is 0 Å². The number of H-pyrrole nitrogens is 1. The third kappa shape index (κ3) is 3.26. The Hall–Kier alpha value is -4.12. The maximum Gasteiger partial charge on any atom is 0.338 e. The number of amides is 1. The van der Waals surface area contributed by atoms with Crippen LogP contribution in [-0.4, -0.2) is 16.9 Å². The number of nitrogens with one attached hydrogen (secondary N) is 2. The Balaban J connectivity index is 1.45. The van der Waals surface area contributed by atoms with Crippen LogP contribution in [0.25, 0.3) is 22.6 Å². The molecule has 0 fully saturated rings. The zero-order valence-corrected chi connectivity index (χ0v) is 16.0. The molecule has 5 rings (SSSR count). The highest BCUT2D eigenvalue weighted by Gasteiger charge is 2.23. The summed E-state index contributed by atoms with van der Waals surface area (Å²) in [6, 6.07) is 22.5. The number of carbonyl (C=O) groups is 2. The molecule has 146 valence electrons. The molecule has 1 aliphatic heterocycles. The average molecular weight is 394 g/mol. The van der Waals surface area contributed by atoms with Crippen LogP contribution in [0.5, 0.6) is 0 Å². The molecule has 0 aliphatic carbocycles. The summed E-state index contributed by atoms with van der Waals surface area (Å²) in [6.07, 6.45) is 3.68. The molecule has 0 unspecified atom stereocenters. The van der Waals surface area contributed by atoms with Crippen molar-refractivity contribution in [2.75, 3.05) is 5.32 Å². The molecule has 5 heteroatoms. The summed E-state index contributed by atoms with van der Waals surface area (Å²) < 4.78 is 5.45. The van der Waals surface area contributed by atoms with Crippen LogP contribution in [0.2, 0.25) is 0 Å². The first-order valence-electron chi connectivity index (χ1n) is 9.64. The molecular formula is C25H18N2O3. The van der Waals surface area contributed by atoms with E-state index in [0.29, 0.717) is 11.1 Å². The third-order valence-electron chi connectivity index (χ3n) is 5.17. The SMILES string of the molecule is O=C1Nc2ccccc2C1=Cc1c[nH]c2ccc(C(=O)OCc3ccccc3)cc12. The average Bonchev–Trinajstić information content (AvgIpc) is 3.33. The van der Waals surface area contributed by atoms with Gasteiger partial charge < -0.3 is 15.0 Å². The van der Waals surface area contributed by atoms with E-state index in [0.717, 1.165) is 33.3 Å². The molecule has 2 N–H and O–H groups in total. The van der Waals surface area contributed by atoms with Gasteiger partial charge in [-0.2, -0.15) is 0 Å². The van der Waals surface area contributed by atoms with Gasteiger partial charge in [0.2, 0.25) is 0 Å². The lowest BCUT2D eigenvalue weighted by Gasteiger charge is -2.05. The van der Waals surface area contributed by atoms with E-state index >= 15 is 0 Å². The quantitative estimate of drug-likeness (QED) is 0.377. The Morgan fingerprint density at radius 1 is 0.967 bits per heavy atom. The normalized spacial score (nSPS) is 14.0. The number of hydrogen-bond acceptors (Lipinski definition) is 3. The molecule has 0 radical (unpaired) electrons. The topological polar surface area (TPSA) is 71.2 Å². The molecule has 1 aliphatic rings. The van der Waals surface area contributed by atoms with Crippen LogP contribution >= 0.6 is 0 Å². The van der Waals surface area contributed by atoms with Gasteiger partial charge >= 0.3 is 5.97 Å². The summed E-state index contributed by atoms with van der Waals surface area (Å²) in [5, 5.41) is 3.73. The fraction of sp³-hybridized carbons (Fsp3) is 0.0400. The van der Waals surface area contributed by atoms with E-state index in [1.54, 1.807) is 12.1 Å². The second-order valence-electron chi connectivity index (χ2n) is 7.12. The summed E-state index contributed by atoms with van der Waals surface area (Å²) >= 11 is 0. The van der Waals surface area contributed by atoms with Crippen LogP contribution in [0.15, 0.2) is 79.0 Å². The number of ether oxygens (including phenoxy) is 1. The Morgan fingerprint density at radius 2 is 1.77 bits per heavy atom. The minimum atomic E-state index is -0.385. The van der Waals surface area contributed by atoms with Gasteiger partial charge in [0.1, 0.15) is 6.61 Å². The summed E-state index contributed by atoms with van der Waals surface area (Å²) in [4.78, 5) is 28.2. The van der Waals surface area contributed by atoms with Crippen LogP contribution < -0.4 is 5.32 Å². The summed E-state index contributed by atoms with van der Waals surface area (Å²) in [7, 11) is 0. The molecule has 30 heavy (non-hydrogen) atoms. The molecule has 0 atom stereocenters. The largest absolute Gasteiger partial charge is 0.457 e. The molecule has 3 aromatic carbocycles. The van der Waals surface area contributed by atoms with E-state index in [1.807, 2.05) is 72.9 Å². The van der Waals surface area contributed by atoms with E-state index < -0.39 is 0 Å². The van der Waals surface area contributed by atoms with Crippen LogP contribution in [0.3, 0.4) is 0 Å². The van der Waals surface area contributed by atoms with Crippen LogP contribution in [0.1, 0.15) is 27.0 Å². The van der Waals surface area contributed by atoms with E-state index in [1.165, 1.54) is 0 Å². The zero-order valence-electron chi connectivity index (χ0n) is 16.0. The number of fused-ring (bicyclic) bond motifs is 2. The number of aromatic amines is 1. The lowest BCUT2D eigenvalue weighted by Crippen LogP contribution is -2.05. The molecule has 2 heterocycles. The minimum Gasteiger partial charge on any atom is -0.457 e. The number of rotatable bonds is 4. The predicted molar refractivity (Wildman–Crippen MR) is 117 cm³/mol. The van der Waals surface area contributed by atoms with Crippen LogP contribution in [0.4, 0.5) is 5.69 Å². The predicted octanol–water partition coefficient (Wildman–Crippen LogP) is 5.02. The number of aromatic nitrogens is 1. The maximum atomic E-state index is 12.5. The second-order valence-corrected chi connectivity index (χ2v) is 7.12. The number of para-hydroxylation sites is 1. The molecule has 0 bridgehead atoms. The van der Waals surface area contributed by atoms with Gasteiger partial charge in [0.05, 0.1) is 5.56 Å². The number of anilines is 1. The fourth-order valence-corrected chi connectivity index (χ4v) is 3.63. The molecular weight excluding hydrogens is 376 g/mol. The second kappa shape index (κ2) is 7.37. The number of benzene rings is 3. The van der Waals surface area contributed by atoms with Crippen molar-refractivity contribution in [1.29, 1.82) is 0 Å². The van der Waals surface area contributed by atoms with Crippen molar-refractivity contribution in [2.24, 2.45) is 0 Å². The van der Waals surface area contributed by atoms with Gasteiger partial charge in [-0.1, -0.05) is 48.5 Å². The van der Waals surface area contributed by atoms with Gasteiger partial charge in [-0.3, -0.25) is 4.79 Å². The van der Waals surface area contributed by atoms with Crippen molar-refractivity contribution in [3.63, 3.8) is 0 Å². The molecule has 1 aromatic heterocycles. The first-order chi connectivity index (χ1) is 14.7. The number of hydrogen-bond donors (Lipinski definition) is 2. The third-order valence-corrected chi connectivity index (χ3v) is 5.17. The van der Waals surface area contributed by atoms with Crippen molar-refractivity contribution in [1.82, 2.24) is 4.98 Å². The lowest BCUT2D eigenvalue weighted by molar-refractivity contribution is -0.110. The van der Waals surface area contributed by atoms with Crippen LogP contribution in [0, 0.1) is 0 Å². The lowest BCUT2D eigenvalue weighted by atomic mass is 10.0. The van der Waals surface area contributed by atoms with Gasteiger partial charge in [0, 0.05) is 39.5 Å². The van der Waals surface area contributed by atoms with Crippen molar-refractivity contribution in [2.45, 2.75) is 6.61 Å². The van der Waals surface area contributed by atoms with Crippen molar-refractivity contribution in [3.8, 4) is 0 Å². The standard InChI is InChI=1S/C25H18N2O3/c28-24-21(19-8-4-5-9-23(19)27-24)13-18-14-26-22-11-10-17(12-20(18)22)25(29)30-15-16-6-2-1-3-7-16/h1-14,26H,15H2,(H,27,28). The summed E-state index contributed by atoms with van der Waals surface area (Å²) in [5.41, 5.74) is 5.40. The Kier molecular flexibility index (Phi) is 4.41. The fourth-order valence-electron chi connectivity index (χ4n) is 3.63. The van der Waals surface area contributed by atoms with E-state index in [4.69, 9.17) is 4.74 Å². The highest BCUT2D eigenvalue weighted by molar-refractivity contribution is 6.35. The molecule has 0 saturated carbocycles. The smallest absolute Gasteiger partial charge is 0.338 e. The van der Waals surface area contributed by atoms with E-state index in [2.05, 4.69) is 10.3 Å². The monoisotopic (exact) mass is 394 g/mol. The molecule has 5 nitrogen and oxygen atoms in total. The number of esters is 1. The maximum absolute atomic E-state index is 12.5. The molecule has 4 aromatic rings. The minimum absolute atomic E-state index is 0.135. The van der Waals surface area contributed by atoms with Gasteiger partial charge in [0.15, 0.2) is 0 Å². The highest BCUT2D eigenvalue weighted by Crippen LogP contribution is 2.34. The first kappa shape index (κ1) is 17.9. The van der Waals surface area contributed by atoms with E-state index in [9.17, 15) is 9.59 Å². The van der Waals surface area contributed by atoms with Crippen molar-refractivity contribution < 1.29 is 14.3 Å². The first-order valence-corrected chi connectivity index (χ1v) is 9.64. The Labute approximate surface area is 173 Å². The van der Waals surface area contributed by atoms with E-state index in [-0.39, 0.29) is 18.5 Å². The highest BCUT2D eigenvalue weighted by atomic mass is 16.5. The zero-order chi connectivity index (χ0) is 20.5. The molecule has 1 amide bonds.